The molecule has 0 aliphatic rings. The van der Waals surface area contributed by atoms with Gasteiger partial charge in [-0.25, -0.2) is 8.42 Å². The maximum absolute atomic E-state index is 14.0. The Kier molecular flexibility index (Phi) is 12.2. The van der Waals surface area contributed by atoms with E-state index < -0.39 is 16.1 Å². The molecule has 0 aromatic heterocycles. The third-order valence-corrected chi connectivity index (χ3v) is 8.97. The van der Waals surface area contributed by atoms with Crippen LogP contribution in [0.15, 0.2) is 77.3 Å². The number of hydrogen-bond acceptors (Lipinski definition) is 4. The molecule has 0 saturated heterocycles. The molecule has 3 rings (SSSR count). The topological polar surface area (TPSA) is 86.8 Å². The van der Waals surface area contributed by atoms with Crippen LogP contribution in [0.2, 0.25) is 0 Å². The van der Waals surface area contributed by atoms with Gasteiger partial charge in [-0.05, 0) is 74.1 Å². The summed E-state index contributed by atoms with van der Waals surface area (Å²) >= 11 is 3.52. The summed E-state index contributed by atoms with van der Waals surface area (Å²) in [4.78, 5) is 29.3. The van der Waals surface area contributed by atoms with Crippen molar-refractivity contribution in [2.75, 3.05) is 17.1 Å². The predicted molar refractivity (Wildman–Crippen MR) is 174 cm³/mol. The van der Waals surface area contributed by atoms with Crippen LogP contribution in [-0.2, 0) is 32.6 Å². The number of amides is 2. The molecule has 2 atom stereocenters. The van der Waals surface area contributed by atoms with E-state index in [4.69, 9.17) is 0 Å². The third kappa shape index (κ3) is 9.70. The monoisotopic (exact) mass is 655 g/mol. The average Bonchev–Trinajstić information content (AvgIpc) is 2.94. The number of aryl methyl sites for hydroxylation is 2. The standard InChI is InChI=1S/C33H42BrN3O4S/c1-6-26(4)35-33(39)31(22-27-12-8-7-9-13-27)36(23-28-14-10-15-29(34)21-28)32(38)16-11-19-37(42(5,40)41)30-20-24(2)17-18-25(30)3/h7-10,12-15,17-18,20-21,26,31H,6,11,16,19,22-23H2,1-5H3,(H,35,39)/t26-,31-/m0/s1. The Morgan fingerprint density at radius 1 is 0.952 bits per heavy atom. The zero-order valence-corrected chi connectivity index (χ0v) is 27.5. The van der Waals surface area contributed by atoms with Gasteiger partial charge < -0.3 is 10.2 Å². The molecule has 0 spiro atoms. The first-order valence-electron chi connectivity index (χ1n) is 14.3. The lowest BCUT2D eigenvalue weighted by Gasteiger charge is -2.33. The van der Waals surface area contributed by atoms with Crippen LogP contribution in [0.3, 0.4) is 0 Å². The summed E-state index contributed by atoms with van der Waals surface area (Å²) < 4.78 is 27.8. The molecule has 1 N–H and O–H groups in total. The summed E-state index contributed by atoms with van der Waals surface area (Å²) in [5.74, 6) is -0.408. The van der Waals surface area contributed by atoms with Crippen molar-refractivity contribution >= 4 is 43.5 Å². The first-order chi connectivity index (χ1) is 19.9. The first-order valence-corrected chi connectivity index (χ1v) is 17.0. The van der Waals surface area contributed by atoms with E-state index in [1.807, 2.05) is 100 Å². The van der Waals surface area contributed by atoms with Crippen LogP contribution in [-0.4, -0.2) is 50.0 Å². The Labute approximate surface area is 259 Å². The van der Waals surface area contributed by atoms with E-state index >= 15 is 0 Å². The van der Waals surface area contributed by atoms with Crippen LogP contribution in [0.4, 0.5) is 5.69 Å². The number of anilines is 1. The number of benzene rings is 3. The normalized spacial score (nSPS) is 12.8. The number of carbonyl (C=O) groups is 2. The maximum Gasteiger partial charge on any atom is 0.243 e. The molecular formula is C33H42BrN3O4S. The number of sulfonamides is 1. The minimum Gasteiger partial charge on any atom is -0.352 e. The molecule has 0 radical (unpaired) electrons. The molecule has 0 unspecified atom stereocenters. The van der Waals surface area contributed by atoms with Crippen LogP contribution < -0.4 is 9.62 Å². The van der Waals surface area contributed by atoms with Crippen LogP contribution >= 0.6 is 15.9 Å². The fraction of sp³-hybridized carbons (Fsp3) is 0.394. The smallest absolute Gasteiger partial charge is 0.243 e. The maximum atomic E-state index is 14.0. The van der Waals surface area contributed by atoms with Gasteiger partial charge in [-0.3, -0.25) is 13.9 Å². The minimum absolute atomic E-state index is 0.0421. The molecule has 0 bridgehead atoms. The van der Waals surface area contributed by atoms with Gasteiger partial charge in [0.15, 0.2) is 0 Å². The molecule has 3 aromatic rings. The molecule has 3 aromatic carbocycles. The van der Waals surface area contributed by atoms with Crippen molar-refractivity contribution in [1.29, 1.82) is 0 Å². The molecule has 2 amide bonds. The van der Waals surface area contributed by atoms with Crippen molar-refractivity contribution < 1.29 is 18.0 Å². The van der Waals surface area contributed by atoms with Gasteiger partial charge in [0.1, 0.15) is 6.04 Å². The lowest BCUT2D eigenvalue weighted by atomic mass is 10.0. The molecule has 9 heteroatoms. The number of nitrogens with one attached hydrogen (secondary N) is 1. The second-order valence-electron chi connectivity index (χ2n) is 10.9. The average molecular weight is 657 g/mol. The molecule has 0 aliphatic carbocycles. The molecule has 0 aliphatic heterocycles. The zero-order chi connectivity index (χ0) is 30.9. The largest absolute Gasteiger partial charge is 0.352 e. The number of rotatable bonds is 14. The second kappa shape index (κ2) is 15.3. The quantitative estimate of drug-likeness (QED) is 0.225. The highest BCUT2D eigenvalue weighted by atomic mass is 79.9. The Bertz CT molecular complexity index is 1460. The summed E-state index contributed by atoms with van der Waals surface area (Å²) in [5, 5.41) is 3.08. The Morgan fingerprint density at radius 3 is 2.29 bits per heavy atom. The molecule has 226 valence electrons. The SMILES string of the molecule is CC[C@H](C)NC(=O)[C@H](Cc1ccccc1)N(Cc1cccc(Br)c1)C(=O)CCCN(c1cc(C)ccc1C)S(C)(=O)=O. The molecule has 0 fully saturated rings. The fourth-order valence-electron chi connectivity index (χ4n) is 4.80. The summed E-state index contributed by atoms with van der Waals surface area (Å²) in [7, 11) is -3.58. The van der Waals surface area contributed by atoms with Crippen LogP contribution in [0.5, 0.6) is 0 Å². The molecule has 0 saturated carbocycles. The molecule has 7 nitrogen and oxygen atoms in total. The van der Waals surface area contributed by atoms with Gasteiger partial charge in [0.05, 0.1) is 11.9 Å². The van der Waals surface area contributed by atoms with Crippen molar-refractivity contribution in [3.8, 4) is 0 Å². The number of halogens is 1. The van der Waals surface area contributed by atoms with Crippen LogP contribution in [0.1, 0.15) is 55.4 Å². The number of hydrogen-bond donors (Lipinski definition) is 1. The van der Waals surface area contributed by atoms with Crippen molar-refractivity contribution in [2.45, 2.75) is 72.0 Å². The first kappa shape index (κ1) is 33.3. The van der Waals surface area contributed by atoms with E-state index in [0.717, 1.165) is 33.1 Å². The van der Waals surface area contributed by atoms with Crippen LogP contribution in [0, 0.1) is 13.8 Å². The van der Waals surface area contributed by atoms with Gasteiger partial charge in [0.2, 0.25) is 21.8 Å². The van der Waals surface area contributed by atoms with E-state index in [0.29, 0.717) is 18.5 Å². The highest BCUT2D eigenvalue weighted by Crippen LogP contribution is 2.25. The van der Waals surface area contributed by atoms with E-state index in [1.165, 1.54) is 10.6 Å². The van der Waals surface area contributed by atoms with Crippen molar-refractivity contribution in [3.63, 3.8) is 0 Å². The lowest BCUT2D eigenvalue weighted by Crippen LogP contribution is -2.52. The second-order valence-corrected chi connectivity index (χ2v) is 13.7. The predicted octanol–water partition coefficient (Wildman–Crippen LogP) is 6.17. The Balaban J connectivity index is 1.91. The van der Waals surface area contributed by atoms with E-state index in [1.54, 1.807) is 4.90 Å². The van der Waals surface area contributed by atoms with Crippen molar-refractivity contribution in [3.05, 3.63) is 99.5 Å². The number of carbonyl (C=O) groups excluding carboxylic acids is 2. The zero-order valence-electron chi connectivity index (χ0n) is 25.1. The minimum atomic E-state index is -3.58. The van der Waals surface area contributed by atoms with Crippen LogP contribution in [0.25, 0.3) is 0 Å². The highest BCUT2D eigenvalue weighted by molar-refractivity contribution is 9.10. The fourth-order valence-corrected chi connectivity index (χ4v) is 6.26. The lowest BCUT2D eigenvalue weighted by molar-refractivity contribution is -0.141. The van der Waals surface area contributed by atoms with E-state index in [2.05, 4.69) is 21.2 Å². The molecule has 0 heterocycles. The Hall–Kier alpha value is -3.17. The summed E-state index contributed by atoms with van der Waals surface area (Å²) in [6.07, 6.45) is 2.71. The summed E-state index contributed by atoms with van der Waals surface area (Å²) in [6.45, 7) is 8.15. The van der Waals surface area contributed by atoms with E-state index in [-0.39, 0.29) is 37.4 Å². The summed E-state index contributed by atoms with van der Waals surface area (Å²) in [5.41, 5.74) is 4.26. The summed E-state index contributed by atoms with van der Waals surface area (Å²) in [6, 6.07) is 22.3. The van der Waals surface area contributed by atoms with Crippen molar-refractivity contribution in [2.24, 2.45) is 0 Å². The van der Waals surface area contributed by atoms with Gasteiger partial charge in [0, 0.05) is 36.4 Å². The van der Waals surface area contributed by atoms with E-state index in [9.17, 15) is 18.0 Å². The molecule has 42 heavy (non-hydrogen) atoms. The Morgan fingerprint density at radius 2 is 1.64 bits per heavy atom. The van der Waals surface area contributed by atoms with Gasteiger partial charge in [-0.1, -0.05) is 77.5 Å². The van der Waals surface area contributed by atoms with Gasteiger partial charge in [-0.15, -0.1) is 0 Å². The van der Waals surface area contributed by atoms with Crippen molar-refractivity contribution in [1.82, 2.24) is 10.2 Å². The molecular weight excluding hydrogens is 614 g/mol. The number of nitrogens with zero attached hydrogens (tertiary/aromatic N) is 2. The highest BCUT2D eigenvalue weighted by Gasteiger charge is 2.31. The van der Waals surface area contributed by atoms with Gasteiger partial charge in [0.25, 0.3) is 0 Å². The van der Waals surface area contributed by atoms with Gasteiger partial charge >= 0.3 is 0 Å². The third-order valence-electron chi connectivity index (χ3n) is 7.30. The van der Waals surface area contributed by atoms with Gasteiger partial charge in [-0.2, -0.15) is 0 Å².